The van der Waals surface area contributed by atoms with Crippen LogP contribution in [0.5, 0.6) is 0 Å². The van der Waals surface area contributed by atoms with Crippen molar-refractivity contribution in [2.45, 2.75) is 46.1 Å². The lowest BCUT2D eigenvalue weighted by Gasteiger charge is -2.47. The van der Waals surface area contributed by atoms with Crippen LogP contribution in [0.1, 0.15) is 37.8 Å². The summed E-state index contributed by atoms with van der Waals surface area (Å²) in [6.45, 7) is 9.32. The predicted molar refractivity (Wildman–Crippen MR) is 77.7 cm³/mol. The minimum Gasteiger partial charge on any atom is -0.481 e. The quantitative estimate of drug-likeness (QED) is 0.887. The minimum absolute atomic E-state index is 0.111. The Morgan fingerprint density at radius 3 is 2.63 bits per heavy atom. The van der Waals surface area contributed by atoms with Crippen molar-refractivity contribution in [2.24, 2.45) is 5.92 Å². The maximum absolute atomic E-state index is 11.2. The van der Waals surface area contributed by atoms with Crippen LogP contribution in [0.4, 0.5) is 5.69 Å². The van der Waals surface area contributed by atoms with Gasteiger partial charge in [0.1, 0.15) is 0 Å². The molecule has 1 aliphatic heterocycles. The zero-order valence-corrected chi connectivity index (χ0v) is 12.2. The molecule has 2 rings (SSSR count). The summed E-state index contributed by atoms with van der Waals surface area (Å²) in [6, 6.07) is 6.47. The number of carboxylic acid groups (broad SMARTS) is 1. The number of benzene rings is 1. The molecule has 1 heterocycles. The van der Waals surface area contributed by atoms with Gasteiger partial charge in [-0.25, -0.2) is 0 Å². The molecule has 1 aromatic rings. The largest absolute Gasteiger partial charge is 0.481 e. The molecule has 19 heavy (non-hydrogen) atoms. The lowest BCUT2D eigenvalue weighted by Crippen LogP contribution is -2.51. The number of aliphatic carboxylic acids is 1. The molecule has 104 valence electrons. The Kier molecular flexibility index (Phi) is 3.57. The van der Waals surface area contributed by atoms with E-state index in [9.17, 15) is 9.90 Å². The summed E-state index contributed by atoms with van der Waals surface area (Å²) in [6.07, 6.45) is 1.43. The summed E-state index contributed by atoms with van der Waals surface area (Å²) in [7, 11) is 0. The zero-order valence-electron chi connectivity index (χ0n) is 12.2. The first-order valence-corrected chi connectivity index (χ1v) is 6.89. The average molecular weight is 261 g/mol. The van der Waals surface area contributed by atoms with E-state index in [0.717, 1.165) is 13.0 Å². The molecule has 0 spiro atoms. The van der Waals surface area contributed by atoms with Crippen molar-refractivity contribution >= 4 is 11.7 Å². The summed E-state index contributed by atoms with van der Waals surface area (Å²) < 4.78 is 0. The topological polar surface area (TPSA) is 40.5 Å². The third-order valence-electron chi connectivity index (χ3n) is 4.18. The Labute approximate surface area is 115 Å². The summed E-state index contributed by atoms with van der Waals surface area (Å²) in [4.78, 5) is 13.6. The molecule has 0 bridgehead atoms. The van der Waals surface area contributed by atoms with Crippen LogP contribution in [0.3, 0.4) is 0 Å². The van der Waals surface area contributed by atoms with E-state index in [2.05, 4.69) is 50.8 Å². The summed E-state index contributed by atoms with van der Waals surface area (Å²) in [5.41, 5.74) is 3.64. The molecular formula is C16H23NO2. The first-order valence-electron chi connectivity index (χ1n) is 6.89. The van der Waals surface area contributed by atoms with Gasteiger partial charge in [-0.1, -0.05) is 12.1 Å². The highest BCUT2D eigenvalue weighted by atomic mass is 16.4. The van der Waals surface area contributed by atoms with E-state index in [4.69, 9.17) is 0 Å². The second-order valence-corrected chi connectivity index (χ2v) is 6.28. The second kappa shape index (κ2) is 4.87. The summed E-state index contributed by atoms with van der Waals surface area (Å²) >= 11 is 0. The van der Waals surface area contributed by atoms with Gasteiger partial charge in [-0.15, -0.1) is 0 Å². The van der Waals surface area contributed by atoms with E-state index >= 15 is 0 Å². The Morgan fingerprint density at radius 1 is 1.37 bits per heavy atom. The lowest BCUT2D eigenvalue weighted by atomic mass is 9.82. The van der Waals surface area contributed by atoms with Crippen molar-refractivity contribution in [2.75, 3.05) is 11.4 Å². The van der Waals surface area contributed by atoms with Crippen LogP contribution in [-0.4, -0.2) is 23.2 Å². The highest BCUT2D eigenvalue weighted by Crippen LogP contribution is 2.37. The first-order chi connectivity index (χ1) is 8.81. The van der Waals surface area contributed by atoms with Crippen LogP contribution in [0, 0.1) is 19.8 Å². The molecule has 0 aromatic heterocycles. The van der Waals surface area contributed by atoms with E-state index in [0.29, 0.717) is 6.42 Å². The maximum atomic E-state index is 11.2. The fourth-order valence-corrected chi connectivity index (χ4v) is 3.07. The standard InChI is InChI=1S/C16H23NO2/c1-11-5-6-12(2)14(9-11)17-8-7-13(15(18)19)10-16(17,3)4/h5-6,9,13H,7-8,10H2,1-4H3,(H,18,19). The summed E-state index contributed by atoms with van der Waals surface area (Å²) in [5.74, 6) is -0.870. The van der Waals surface area contributed by atoms with Gasteiger partial charge in [0.2, 0.25) is 0 Å². The molecule has 1 fully saturated rings. The highest BCUT2D eigenvalue weighted by molar-refractivity contribution is 5.71. The lowest BCUT2D eigenvalue weighted by molar-refractivity contribution is -0.143. The number of piperidine rings is 1. The Hall–Kier alpha value is -1.51. The maximum Gasteiger partial charge on any atom is 0.306 e. The molecule has 3 nitrogen and oxygen atoms in total. The number of anilines is 1. The minimum atomic E-state index is -0.659. The van der Waals surface area contributed by atoms with Gasteiger partial charge in [-0.2, -0.15) is 0 Å². The third-order valence-corrected chi connectivity index (χ3v) is 4.18. The molecular weight excluding hydrogens is 238 g/mol. The van der Waals surface area contributed by atoms with Gasteiger partial charge in [0.15, 0.2) is 0 Å². The smallest absolute Gasteiger partial charge is 0.306 e. The predicted octanol–water partition coefficient (Wildman–Crippen LogP) is 3.38. The third kappa shape index (κ3) is 2.75. The number of rotatable bonds is 2. The number of carboxylic acids is 1. The molecule has 0 saturated carbocycles. The van der Waals surface area contributed by atoms with Crippen molar-refractivity contribution < 1.29 is 9.90 Å². The van der Waals surface area contributed by atoms with Crippen molar-refractivity contribution in [3.8, 4) is 0 Å². The highest BCUT2D eigenvalue weighted by Gasteiger charge is 2.38. The van der Waals surface area contributed by atoms with Gasteiger partial charge < -0.3 is 10.0 Å². The SMILES string of the molecule is Cc1ccc(C)c(N2CCC(C(=O)O)CC2(C)C)c1. The Bertz CT molecular complexity index is 494. The van der Waals surface area contributed by atoms with Crippen LogP contribution >= 0.6 is 0 Å². The van der Waals surface area contributed by atoms with Crippen molar-refractivity contribution in [1.82, 2.24) is 0 Å². The Balaban J connectivity index is 2.31. The molecule has 1 aliphatic rings. The number of nitrogens with zero attached hydrogens (tertiary/aromatic N) is 1. The molecule has 3 heteroatoms. The van der Waals surface area contributed by atoms with Gasteiger partial charge in [0.05, 0.1) is 5.92 Å². The number of carbonyl (C=O) groups is 1. The number of aryl methyl sites for hydroxylation is 2. The summed E-state index contributed by atoms with van der Waals surface area (Å²) in [5, 5.41) is 9.21. The van der Waals surface area contributed by atoms with Gasteiger partial charge in [0.25, 0.3) is 0 Å². The number of hydrogen-bond donors (Lipinski definition) is 1. The molecule has 0 radical (unpaired) electrons. The van der Waals surface area contributed by atoms with Gasteiger partial charge in [-0.3, -0.25) is 4.79 Å². The fourth-order valence-electron chi connectivity index (χ4n) is 3.07. The van der Waals surface area contributed by atoms with Crippen molar-refractivity contribution in [3.05, 3.63) is 29.3 Å². The number of hydrogen-bond acceptors (Lipinski definition) is 2. The van der Waals surface area contributed by atoms with Crippen molar-refractivity contribution in [3.63, 3.8) is 0 Å². The molecule has 1 aromatic carbocycles. The van der Waals surface area contributed by atoms with Crippen LogP contribution in [0.2, 0.25) is 0 Å². The molecule has 1 N–H and O–H groups in total. The van der Waals surface area contributed by atoms with Gasteiger partial charge >= 0.3 is 5.97 Å². The average Bonchev–Trinajstić information content (AvgIpc) is 2.31. The van der Waals surface area contributed by atoms with Crippen LogP contribution in [-0.2, 0) is 4.79 Å². The van der Waals surface area contributed by atoms with E-state index < -0.39 is 5.97 Å². The van der Waals surface area contributed by atoms with Gasteiger partial charge in [-0.05, 0) is 57.7 Å². The van der Waals surface area contributed by atoms with Crippen LogP contribution in [0.15, 0.2) is 18.2 Å². The van der Waals surface area contributed by atoms with E-state index in [-0.39, 0.29) is 11.5 Å². The van der Waals surface area contributed by atoms with E-state index in [1.165, 1.54) is 16.8 Å². The molecule has 1 saturated heterocycles. The van der Waals surface area contributed by atoms with E-state index in [1.54, 1.807) is 0 Å². The monoisotopic (exact) mass is 261 g/mol. The zero-order chi connectivity index (χ0) is 14.2. The normalized spacial score (nSPS) is 22.3. The van der Waals surface area contributed by atoms with Crippen LogP contribution < -0.4 is 4.90 Å². The second-order valence-electron chi connectivity index (χ2n) is 6.28. The van der Waals surface area contributed by atoms with Crippen LogP contribution in [0.25, 0.3) is 0 Å². The van der Waals surface area contributed by atoms with Gasteiger partial charge in [0, 0.05) is 17.8 Å². The molecule has 1 atom stereocenters. The molecule has 0 aliphatic carbocycles. The fraction of sp³-hybridized carbons (Fsp3) is 0.562. The molecule has 1 unspecified atom stereocenters. The van der Waals surface area contributed by atoms with Crippen molar-refractivity contribution in [1.29, 1.82) is 0 Å². The Morgan fingerprint density at radius 2 is 2.05 bits per heavy atom. The molecule has 0 amide bonds. The first kappa shape index (κ1) is 13.9. The van der Waals surface area contributed by atoms with E-state index in [1.807, 2.05) is 0 Å².